The summed E-state index contributed by atoms with van der Waals surface area (Å²) in [6.07, 6.45) is 5.39. The second-order valence-corrected chi connectivity index (χ2v) is 4.37. The van der Waals surface area contributed by atoms with Crippen molar-refractivity contribution in [3.63, 3.8) is 0 Å². The molecule has 0 saturated carbocycles. The van der Waals surface area contributed by atoms with Crippen molar-refractivity contribution < 1.29 is 4.79 Å². The minimum atomic E-state index is -0.272. The number of fused-ring (bicyclic) bond motifs is 1. The van der Waals surface area contributed by atoms with E-state index in [1.807, 2.05) is 0 Å². The van der Waals surface area contributed by atoms with E-state index in [1.165, 1.54) is 6.20 Å². The van der Waals surface area contributed by atoms with Gasteiger partial charge in [0.15, 0.2) is 5.65 Å². The molecule has 2 aromatic heterocycles. The van der Waals surface area contributed by atoms with Gasteiger partial charge in [-0.25, -0.2) is 9.67 Å². The Balaban J connectivity index is 0.00000242. The summed E-state index contributed by atoms with van der Waals surface area (Å²) in [4.78, 5) is 16.3. The van der Waals surface area contributed by atoms with Crippen molar-refractivity contribution in [3.05, 3.63) is 30.6 Å². The van der Waals surface area contributed by atoms with Crippen molar-refractivity contribution in [1.29, 1.82) is 0 Å². The number of hydrogen-bond donors (Lipinski definition) is 2. The highest BCUT2D eigenvalue weighted by molar-refractivity contribution is 6.05. The SMILES string of the molecule is C=CCNC(=O)c1cnc2c(cnn2CCC#CC)c1N.Cl. The lowest BCUT2D eigenvalue weighted by Gasteiger charge is -2.07. The van der Waals surface area contributed by atoms with Gasteiger partial charge in [0.1, 0.15) is 0 Å². The first kappa shape index (κ1) is 17.5. The van der Waals surface area contributed by atoms with E-state index in [1.54, 1.807) is 23.9 Å². The number of aryl methyl sites for hydroxylation is 1. The lowest BCUT2D eigenvalue weighted by atomic mass is 10.2. The summed E-state index contributed by atoms with van der Waals surface area (Å²) in [6.45, 7) is 6.37. The van der Waals surface area contributed by atoms with Crippen LogP contribution in [0.2, 0.25) is 0 Å². The minimum Gasteiger partial charge on any atom is -0.397 e. The maximum atomic E-state index is 12.0. The summed E-state index contributed by atoms with van der Waals surface area (Å²) in [5.41, 5.74) is 7.44. The first-order chi connectivity index (χ1) is 10.2. The number of anilines is 1. The number of carbonyl (C=O) groups excluding carboxylic acids is 1. The molecule has 0 aromatic carbocycles. The highest BCUT2D eigenvalue weighted by Gasteiger charge is 2.15. The van der Waals surface area contributed by atoms with Crippen molar-refractivity contribution in [3.8, 4) is 11.8 Å². The Labute approximate surface area is 135 Å². The molecule has 6 nitrogen and oxygen atoms in total. The zero-order valence-electron chi connectivity index (χ0n) is 12.3. The van der Waals surface area contributed by atoms with Gasteiger partial charge in [0.05, 0.1) is 29.4 Å². The molecule has 3 N–H and O–H groups in total. The van der Waals surface area contributed by atoms with E-state index in [0.29, 0.717) is 41.8 Å². The van der Waals surface area contributed by atoms with Crippen LogP contribution in [0.5, 0.6) is 0 Å². The molecule has 0 spiro atoms. The lowest BCUT2D eigenvalue weighted by molar-refractivity contribution is 0.0958. The fraction of sp³-hybridized carbons (Fsp3) is 0.267. The van der Waals surface area contributed by atoms with E-state index in [0.717, 1.165) is 0 Å². The van der Waals surface area contributed by atoms with Crippen molar-refractivity contribution in [2.45, 2.75) is 19.9 Å². The van der Waals surface area contributed by atoms with E-state index in [4.69, 9.17) is 5.73 Å². The summed E-state index contributed by atoms with van der Waals surface area (Å²) in [7, 11) is 0. The molecule has 0 aliphatic heterocycles. The number of hydrogen-bond acceptors (Lipinski definition) is 4. The molecule has 22 heavy (non-hydrogen) atoms. The standard InChI is InChI=1S/C15H17N5O.ClH/c1-3-5-6-8-20-14-11(10-19-20)13(16)12(9-18-14)15(21)17-7-4-2;/h4,9-10H,2,6-8H2,1H3,(H2,16,18)(H,17,21);1H. The third-order valence-corrected chi connectivity index (χ3v) is 2.98. The molecule has 1 amide bonds. The van der Waals surface area contributed by atoms with Crippen molar-refractivity contribution in [2.24, 2.45) is 0 Å². The first-order valence-corrected chi connectivity index (χ1v) is 6.57. The van der Waals surface area contributed by atoms with Crippen LogP contribution in [0, 0.1) is 11.8 Å². The Bertz CT molecular complexity index is 741. The lowest BCUT2D eigenvalue weighted by Crippen LogP contribution is -2.24. The Morgan fingerprint density at radius 3 is 3.00 bits per heavy atom. The first-order valence-electron chi connectivity index (χ1n) is 6.57. The maximum absolute atomic E-state index is 12.0. The van der Waals surface area contributed by atoms with Gasteiger partial charge in [0.25, 0.3) is 5.91 Å². The van der Waals surface area contributed by atoms with Crippen LogP contribution in [-0.4, -0.2) is 27.2 Å². The Hall–Kier alpha value is -2.52. The fourth-order valence-corrected chi connectivity index (χ4v) is 1.94. The molecule has 0 radical (unpaired) electrons. The van der Waals surface area contributed by atoms with E-state index in [2.05, 4.69) is 33.8 Å². The fourth-order valence-electron chi connectivity index (χ4n) is 1.94. The Morgan fingerprint density at radius 2 is 2.32 bits per heavy atom. The zero-order chi connectivity index (χ0) is 15.2. The third-order valence-electron chi connectivity index (χ3n) is 2.98. The van der Waals surface area contributed by atoms with Gasteiger partial charge >= 0.3 is 0 Å². The van der Waals surface area contributed by atoms with Crippen LogP contribution in [0.15, 0.2) is 25.0 Å². The van der Waals surface area contributed by atoms with E-state index < -0.39 is 0 Å². The second kappa shape index (κ2) is 8.05. The van der Waals surface area contributed by atoms with Gasteiger partial charge in [0, 0.05) is 19.2 Å². The van der Waals surface area contributed by atoms with E-state index in [-0.39, 0.29) is 18.3 Å². The van der Waals surface area contributed by atoms with Gasteiger partial charge in [-0.15, -0.1) is 30.8 Å². The van der Waals surface area contributed by atoms with Crippen LogP contribution < -0.4 is 11.1 Å². The van der Waals surface area contributed by atoms with Crippen LogP contribution >= 0.6 is 12.4 Å². The molecule has 0 bridgehead atoms. The number of aromatic nitrogens is 3. The molecule has 0 atom stereocenters. The number of halogens is 1. The van der Waals surface area contributed by atoms with Crippen LogP contribution in [0.3, 0.4) is 0 Å². The van der Waals surface area contributed by atoms with E-state index in [9.17, 15) is 4.79 Å². The Kier molecular flexibility index (Phi) is 6.42. The van der Waals surface area contributed by atoms with E-state index >= 15 is 0 Å². The number of nitrogens with one attached hydrogen (secondary N) is 1. The number of carbonyl (C=O) groups is 1. The second-order valence-electron chi connectivity index (χ2n) is 4.37. The largest absolute Gasteiger partial charge is 0.397 e. The molecule has 2 heterocycles. The van der Waals surface area contributed by atoms with Crippen LogP contribution in [0.25, 0.3) is 11.0 Å². The average Bonchev–Trinajstić information content (AvgIpc) is 2.90. The highest BCUT2D eigenvalue weighted by atomic mass is 35.5. The monoisotopic (exact) mass is 319 g/mol. The number of nitrogens with two attached hydrogens (primary N) is 1. The molecule has 0 saturated heterocycles. The molecular formula is C15H18ClN5O. The maximum Gasteiger partial charge on any atom is 0.255 e. The zero-order valence-corrected chi connectivity index (χ0v) is 13.1. The van der Waals surface area contributed by atoms with Gasteiger partial charge in [-0.2, -0.15) is 5.10 Å². The summed E-state index contributed by atoms with van der Waals surface area (Å²) in [5, 5.41) is 7.60. The van der Waals surface area contributed by atoms with Gasteiger partial charge < -0.3 is 11.1 Å². The van der Waals surface area contributed by atoms with Crippen LogP contribution in [0.1, 0.15) is 23.7 Å². The number of nitrogens with zero attached hydrogens (tertiary/aromatic N) is 3. The molecule has 7 heteroatoms. The average molecular weight is 320 g/mol. The smallest absolute Gasteiger partial charge is 0.255 e. The normalized spacial score (nSPS) is 9.50. The molecule has 0 unspecified atom stereocenters. The number of nitrogen functional groups attached to an aromatic ring is 1. The van der Waals surface area contributed by atoms with Crippen molar-refractivity contribution in [2.75, 3.05) is 12.3 Å². The molecule has 0 aliphatic rings. The van der Waals surface area contributed by atoms with Crippen LogP contribution in [-0.2, 0) is 6.54 Å². The molecule has 2 rings (SSSR count). The Morgan fingerprint density at radius 1 is 1.55 bits per heavy atom. The predicted octanol–water partition coefficient (Wildman–Crippen LogP) is 1.76. The van der Waals surface area contributed by atoms with Gasteiger partial charge in [-0.1, -0.05) is 6.08 Å². The number of rotatable bonds is 5. The summed E-state index contributed by atoms with van der Waals surface area (Å²) >= 11 is 0. The quantitative estimate of drug-likeness (QED) is 0.649. The van der Waals surface area contributed by atoms with Crippen molar-refractivity contribution >= 4 is 35.0 Å². The topological polar surface area (TPSA) is 85.8 Å². The number of amides is 1. The summed E-state index contributed by atoms with van der Waals surface area (Å²) in [6, 6.07) is 0. The van der Waals surface area contributed by atoms with Crippen molar-refractivity contribution in [1.82, 2.24) is 20.1 Å². The minimum absolute atomic E-state index is 0. The molecule has 116 valence electrons. The molecule has 0 fully saturated rings. The molecular weight excluding hydrogens is 302 g/mol. The summed E-state index contributed by atoms with van der Waals surface area (Å²) < 4.78 is 1.74. The van der Waals surface area contributed by atoms with Gasteiger partial charge in [-0.3, -0.25) is 4.79 Å². The predicted molar refractivity (Wildman–Crippen MR) is 89.8 cm³/mol. The van der Waals surface area contributed by atoms with Gasteiger partial charge in [-0.05, 0) is 6.92 Å². The number of pyridine rings is 1. The third kappa shape index (κ3) is 3.57. The summed E-state index contributed by atoms with van der Waals surface area (Å²) in [5.74, 6) is 5.54. The highest BCUT2D eigenvalue weighted by Crippen LogP contribution is 2.22. The van der Waals surface area contributed by atoms with Gasteiger partial charge in [0.2, 0.25) is 0 Å². The molecule has 2 aromatic rings. The van der Waals surface area contributed by atoms with Crippen LogP contribution in [0.4, 0.5) is 5.69 Å². The molecule has 0 aliphatic carbocycles.